The minimum atomic E-state index is 0. The van der Waals surface area contributed by atoms with E-state index in [1.807, 2.05) is 0 Å². The van der Waals surface area contributed by atoms with Crippen molar-refractivity contribution in [3.8, 4) is 0 Å². The molecule has 0 spiro atoms. The van der Waals surface area contributed by atoms with Crippen molar-refractivity contribution in [2.45, 2.75) is 7.43 Å². The van der Waals surface area contributed by atoms with Crippen LogP contribution in [0.2, 0.25) is 0 Å². The largest absolute Gasteiger partial charge is 0 e. The maximum atomic E-state index is 8.34. The molecule has 30 valence electrons. The Morgan fingerprint density at radius 2 is 1.20 bits per heavy atom. The summed E-state index contributed by atoms with van der Waals surface area (Å²) in [6.45, 7) is 0. The van der Waals surface area contributed by atoms with E-state index in [9.17, 15) is 0 Å². The predicted molar refractivity (Wildman–Crippen MR) is 18.9 cm³/mol. The predicted octanol–water partition coefficient (Wildman–Crippen LogP) is -0.247. The molecule has 6 radical (unpaired) electrons. The van der Waals surface area contributed by atoms with Gasteiger partial charge in [0.25, 0.3) is 0 Å². The zero-order valence-corrected chi connectivity index (χ0v) is 8.57. The summed E-state index contributed by atoms with van der Waals surface area (Å²) in [7, 11) is 0. The van der Waals surface area contributed by atoms with Crippen LogP contribution in [0.4, 0.5) is 0 Å². The van der Waals surface area contributed by atoms with Crippen molar-refractivity contribution in [2.24, 2.45) is 0 Å². The second-order valence-electron chi connectivity index (χ2n) is 0. The van der Waals surface area contributed by atoms with E-state index in [0.717, 1.165) is 0 Å². The van der Waals surface area contributed by atoms with Crippen LogP contribution in [-0.2, 0) is 20.1 Å². The van der Waals surface area contributed by atoms with Crippen LogP contribution in [0, 0.1) is 0 Å². The fourth-order valence-corrected chi connectivity index (χ4v) is 0. The van der Waals surface area contributed by atoms with Crippen molar-refractivity contribution in [2.75, 3.05) is 0 Å². The molecule has 0 heterocycles. The minimum absolute atomic E-state index is 0. The Hall–Kier alpha value is 1.92. The third-order valence-corrected chi connectivity index (χ3v) is 0. The maximum Gasteiger partial charge on any atom is 0 e. The summed E-state index contributed by atoms with van der Waals surface area (Å²) in [6, 6.07) is 0. The van der Waals surface area contributed by atoms with Crippen molar-refractivity contribution in [1.29, 1.82) is 0 Å². The average molecular weight is 325 g/mol. The molecular weight excluding hydrogens is 321 g/mol. The van der Waals surface area contributed by atoms with Crippen LogP contribution in [0.5, 0.6) is 0 Å². The summed E-state index contributed by atoms with van der Waals surface area (Å²) in [5.74, 6) is 0. The number of hydrogen-bond donors (Lipinski definition) is 0. The van der Waals surface area contributed by atoms with Gasteiger partial charge in [-0.1, -0.05) is 7.43 Å². The molecule has 0 aliphatic heterocycles. The molecule has 0 aliphatic rings. The topological polar surface area (TPSA) is 17.1 Å². The van der Waals surface area contributed by atoms with E-state index < -0.39 is 0 Å². The van der Waals surface area contributed by atoms with E-state index in [2.05, 4.69) is 0 Å². The van der Waals surface area contributed by atoms with Crippen LogP contribution >= 0.6 is 0 Å². The van der Waals surface area contributed by atoms with Gasteiger partial charge in [-0.15, -0.1) is 0 Å². The summed E-state index contributed by atoms with van der Waals surface area (Å²) in [5, 5.41) is 0. The molecule has 5 heavy (non-hydrogen) atoms. The molecule has 0 aromatic rings. The first-order chi connectivity index (χ1) is 1.00. The third kappa shape index (κ3) is 24.7. The van der Waals surface area contributed by atoms with E-state index in [1.165, 1.54) is 0 Å². The van der Waals surface area contributed by atoms with E-state index >= 15 is 0 Å². The van der Waals surface area contributed by atoms with Gasteiger partial charge in [-0.25, -0.2) is 0 Å². The Labute approximate surface area is 73.2 Å². The molecule has 0 fully saturated rings. The third-order valence-electron chi connectivity index (χ3n) is 0. The van der Waals surface area contributed by atoms with E-state index in [-0.39, 0.29) is 48.4 Å². The molecule has 0 atom stereocenters. The molecular formula is CH4FeOSn2. The van der Waals surface area contributed by atoms with Gasteiger partial charge >= 0.3 is 25.6 Å². The summed E-state index contributed by atoms with van der Waals surface area (Å²) in [6.07, 6.45) is 0. The molecule has 4 heteroatoms. The molecule has 0 aromatic carbocycles. The molecule has 0 bridgehead atoms. The van der Waals surface area contributed by atoms with Crippen LogP contribution in [0.1, 0.15) is 7.43 Å². The van der Waals surface area contributed by atoms with Gasteiger partial charge in [0.05, 0.1) is 0 Å². The van der Waals surface area contributed by atoms with Gasteiger partial charge in [0.15, 0.2) is 0 Å². The van der Waals surface area contributed by atoms with Crippen molar-refractivity contribution >= 4 is 46.4 Å². The van der Waals surface area contributed by atoms with Crippen LogP contribution in [0.3, 0.4) is 0 Å². The second-order valence-corrected chi connectivity index (χ2v) is 0. The van der Waals surface area contributed by atoms with Gasteiger partial charge in [-0.05, 0) is 0 Å². The number of hydrogen-bond acceptors (Lipinski definition) is 1. The Bertz CT molecular complexity index is 9.61. The summed E-state index contributed by atoms with van der Waals surface area (Å²) >= 11 is 0.300. The minimum Gasteiger partial charge on any atom is 0 e. The summed E-state index contributed by atoms with van der Waals surface area (Å²) < 4.78 is 8.34. The smallest absolute Gasteiger partial charge is 0 e. The first-order valence-corrected chi connectivity index (χ1v) is 1.37. The second kappa shape index (κ2) is 38.9. The van der Waals surface area contributed by atoms with E-state index in [1.54, 1.807) is 0 Å². The summed E-state index contributed by atoms with van der Waals surface area (Å²) in [5.41, 5.74) is 0. The van der Waals surface area contributed by atoms with Crippen LogP contribution < -0.4 is 0 Å². The Kier molecular flexibility index (Phi) is 222. The molecule has 0 aromatic heterocycles. The molecule has 0 N–H and O–H groups in total. The fourth-order valence-electron chi connectivity index (χ4n) is 0. The zero-order chi connectivity index (χ0) is 2.00. The number of rotatable bonds is 0. The molecule has 0 amide bonds. The van der Waals surface area contributed by atoms with Crippen LogP contribution in [0.15, 0.2) is 0 Å². The molecule has 0 saturated carbocycles. The molecule has 0 rings (SSSR count). The van der Waals surface area contributed by atoms with Crippen LogP contribution in [0.25, 0.3) is 0 Å². The van der Waals surface area contributed by atoms with E-state index in [4.69, 9.17) is 3.08 Å². The fraction of sp³-hybridized carbons (Fsp3) is 1.00. The quantitative estimate of drug-likeness (QED) is 0.562. The van der Waals surface area contributed by atoms with Crippen molar-refractivity contribution in [3.05, 3.63) is 0 Å². The van der Waals surface area contributed by atoms with Crippen LogP contribution in [-0.4, -0.2) is 46.4 Å². The van der Waals surface area contributed by atoms with Crippen molar-refractivity contribution < 1.29 is 20.1 Å². The van der Waals surface area contributed by atoms with Gasteiger partial charge < -0.3 is 0 Å². The molecule has 1 nitrogen and oxygen atoms in total. The van der Waals surface area contributed by atoms with Crippen molar-refractivity contribution in [3.63, 3.8) is 0 Å². The SMILES string of the molecule is C.[Fe].[O]=[Sn].[Sn]. The molecule has 0 unspecified atom stereocenters. The normalized spacial score (nSPS) is 0.800. The first kappa shape index (κ1) is 28.5. The Morgan fingerprint density at radius 1 is 1.20 bits per heavy atom. The Morgan fingerprint density at radius 3 is 1.20 bits per heavy atom. The van der Waals surface area contributed by atoms with Gasteiger partial charge in [0, 0.05) is 41.0 Å². The van der Waals surface area contributed by atoms with Gasteiger partial charge in [0.1, 0.15) is 0 Å². The average Bonchev–Trinajstić information content (AvgIpc) is 1.00. The van der Waals surface area contributed by atoms with E-state index in [0.29, 0.717) is 22.5 Å². The maximum absolute atomic E-state index is 8.34. The van der Waals surface area contributed by atoms with Crippen molar-refractivity contribution in [1.82, 2.24) is 0 Å². The first-order valence-electron chi connectivity index (χ1n) is 0.204. The Balaban J connectivity index is -0.00000000167. The van der Waals surface area contributed by atoms with Gasteiger partial charge in [0.2, 0.25) is 0 Å². The van der Waals surface area contributed by atoms with Gasteiger partial charge in [-0.2, -0.15) is 0 Å². The summed E-state index contributed by atoms with van der Waals surface area (Å²) in [4.78, 5) is 0. The van der Waals surface area contributed by atoms with Gasteiger partial charge in [-0.3, -0.25) is 0 Å². The molecule has 0 aliphatic carbocycles. The molecule has 0 saturated heterocycles. The monoisotopic (exact) mass is 328 g/mol. The standard InChI is InChI=1S/CH4.Fe.O.2Sn/h1H4;;;;. The zero-order valence-electron chi connectivity index (χ0n) is 1.76.